The summed E-state index contributed by atoms with van der Waals surface area (Å²) in [6, 6.07) is 6.05. The SMILES string of the molecule is CCCC[C@@]1(N)C(CCCS)NCCN1C(=O)c1cccc(C)c1C.Cl.Cl. The van der Waals surface area contributed by atoms with Crippen LogP contribution in [0, 0.1) is 13.8 Å². The second-order valence-corrected chi connectivity index (χ2v) is 7.62. The first-order valence-corrected chi connectivity index (χ1v) is 10.1. The average molecular weight is 436 g/mol. The predicted octanol–water partition coefficient (Wildman–Crippen LogP) is 4.12. The van der Waals surface area contributed by atoms with Gasteiger partial charge in [0.05, 0.1) is 0 Å². The molecule has 3 N–H and O–H groups in total. The van der Waals surface area contributed by atoms with Gasteiger partial charge in [0.2, 0.25) is 0 Å². The van der Waals surface area contributed by atoms with Crippen LogP contribution in [0.3, 0.4) is 0 Å². The Morgan fingerprint density at radius 2 is 2.04 bits per heavy atom. The summed E-state index contributed by atoms with van der Waals surface area (Å²) in [4.78, 5) is 15.3. The third-order valence-electron chi connectivity index (χ3n) is 5.49. The first kappa shape index (κ1) is 26.5. The van der Waals surface area contributed by atoms with Crippen molar-refractivity contribution in [3.8, 4) is 0 Å². The minimum atomic E-state index is -0.634. The van der Waals surface area contributed by atoms with Crippen LogP contribution < -0.4 is 11.1 Å². The van der Waals surface area contributed by atoms with Crippen LogP contribution in [-0.4, -0.2) is 41.4 Å². The quantitative estimate of drug-likeness (QED) is 0.564. The number of benzene rings is 1. The van der Waals surface area contributed by atoms with Crippen LogP contribution in [-0.2, 0) is 0 Å². The molecule has 0 saturated carbocycles. The predicted molar refractivity (Wildman–Crippen MR) is 123 cm³/mol. The lowest BCUT2D eigenvalue weighted by Gasteiger charge is -2.50. The molecule has 0 aliphatic carbocycles. The van der Waals surface area contributed by atoms with Gasteiger partial charge >= 0.3 is 0 Å². The molecular weight excluding hydrogens is 401 g/mol. The van der Waals surface area contributed by atoms with Gasteiger partial charge in [0.25, 0.3) is 5.91 Å². The maximum Gasteiger partial charge on any atom is 0.255 e. The van der Waals surface area contributed by atoms with Crippen LogP contribution in [0.2, 0.25) is 0 Å². The summed E-state index contributed by atoms with van der Waals surface area (Å²) in [6.07, 6.45) is 4.86. The van der Waals surface area contributed by atoms with Gasteiger partial charge in [-0.25, -0.2) is 0 Å². The van der Waals surface area contributed by atoms with Crippen LogP contribution in [0.25, 0.3) is 0 Å². The summed E-state index contributed by atoms with van der Waals surface area (Å²) in [5.41, 5.74) is 9.26. The van der Waals surface area contributed by atoms with Crippen molar-refractivity contribution in [1.29, 1.82) is 0 Å². The van der Waals surface area contributed by atoms with Gasteiger partial charge in [-0.15, -0.1) is 24.8 Å². The van der Waals surface area contributed by atoms with Crippen LogP contribution in [0.5, 0.6) is 0 Å². The standard InChI is InChI=1S/C20H33N3OS.2ClH/c1-4-5-11-20(21)18(10-7-14-25)22-12-13-23(20)19(24)17-9-6-8-15(2)16(17)3;;/h6,8-9,18,22,25H,4-5,7,10-14,21H2,1-3H3;2*1H/t18?,20-;;/m0../s1. The van der Waals surface area contributed by atoms with E-state index in [1.54, 1.807) is 0 Å². The molecule has 1 aromatic rings. The minimum absolute atomic E-state index is 0. The molecule has 4 nitrogen and oxygen atoms in total. The zero-order chi connectivity index (χ0) is 18.4. The van der Waals surface area contributed by atoms with Crippen LogP contribution in [0.4, 0.5) is 0 Å². The molecule has 1 aliphatic rings. The summed E-state index contributed by atoms with van der Waals surface area (Å²) in [5.74, 6) is 0.907. The number of nitrogens with two attached hydrogens (primary N) is 1. The molecule has 0 aromatic heterocycles. The highest BCUT2D eigenvalue weighted by Crippen LogP contribution is 2.29. The number of aryl methyl sites for hydroxylation is 1. The van der Waals surface area contributed by atoms with Gasteiger partial charge in [-0.3, -0.25) is 4.79 Å². The van der Waals surface area contributed by atoms with E-state index in [1.807, 2.05) is 36.9 Å². The van der Waals surface area contributed by atoms with E-state index in [1.165, 1.54) is 0 Å². The second-order valence-electron chi connectivity index (χ2n) is 7.17. The minimum Gasteiger partial charge on any atom is -0.318 e. The zero-order valence-electron chi connectivity index (χ0n) is 16.7. The number of carbonyl (C=O) groups excluding carboxylic acids is 1. The van der Waals surface area contributed by atoms with Crippen LogP contribution >= 0.6 is 37.4 Å². The lowest BCUT2D eigenvalue weighted by Crippen LogP contribution is -2.73. The molecule has 1 aliphatic heterocycles. The summed E-state index contributed by atoms with van der Waals surface area (Å²) in [6.45, 7) is 7.68. The molecule has 1 amide bonds. The molecule has 1 heterocycles. The van der Waals surface area contributed by atoms with Gasteiger partial charge < -0.3 is 16.0 Å². The van der Waals surface area contributed by atoms with Crippen molar-refractivity contribution in [1.82, 2.24) is 10.2 Å². The number of hydrogen-bond donors (Lipinski definition) is 3. The monoisotopic (exact) mass is 435 g/mol. The maximum absolute atomic E-state index is 13.4. The molecular formula is C20H35Cl2N3OS. The molecule has 1 saturated heterocycles. The second kappa shape index (κ2) is 12.2. The van der Waals surface area contributed by atoms with Gasteiger partial charge in [0, 0.05) is 24.7 Å². The smallest absolute Gasteiger partial charge is 0.255 e. The summed E-state index contributed by atoms with van der Waals surface area (Å²) in [7, 11) is 0. The Hall–Kier alpha value is -0.460. The van der Waals surface area contributed by atoms with Gasteiger partial charge in [-0.2, -0.15) is 12.6 Å². The van der Waals surface area contributed by atoms with Crippen molar-refractivity contribution in [3.05, 3.63) is 34.9 Å². The number of piperazine rings is 1. The fraction of sp³-hybridized carbons (Fsp3) is 0.650. The third-order valence-corrected chi connectivity index (χ3v) is 5.81. The van der Waals surface area contributed by atoms with E-state index >= 15 is 0 Å². The van der Waals surface area contributed by atoms with E-state index in [0.717, 1.165) is 61.1 Å². The van der Waals surface area contributed by atoms with Gasteiger partial charge in [-0.1, -0.05) is 25.5 Å². The third kappa shape index (κ3) is 6.01. The summed E-state index contributed by atoms with van der Waals surface area (Å²) < 4.78 is 0. The molecule has 1 aromatic carbocycles. The number of amides is 1. The molecule has 27 heavy (non-hydrogen) atoms. The number of halogens is 2. The van der Waals surface area contributed by atoms with Crippen molar-refractivity contribution in [2.75, 3.05) is 18.8 Å². The largest absolute Gasteiger partial charge is 0.318 e. The van der Waals surface area contributed by atoms with Gasteiger partial charge in [0.1, 0.15) is 5.66 Å². The number of hydrogen-bond acceptors (Lipinski definition) is 4. The summed E-state index contributed by atoms with van der Waals surface area (Å²) in [5, 5.41) is 3.56. The van der Waals surface area contributed by atoms with E-state index < -0.39 is 5.66 Å². The lowest BCUT2D eigenvalue weighted by molar-refractivity contribution is 0.0128. The number of nitrogens with zero attached hydrogens (tertiary/aromatic N) is 1. The van der Waals surface area contributed by atoms with Crippen LogP contribution in [0.15, 0.2) is 18.2 Å². The highest BCUT2D eigenvalue weighted by Gasteiger charge is 2.44. The summed E-state index contributed by atoms with van der Waals surface area (Å²) >= 11 is 4.34. The van der Waals surface area contributed by atoms with E-state index in [0.29, 0.717) is 6.54 Å². The number of nitrogens with one attached hydrogen (secondary N) is 1. The molecule has 1 fully saturated rings. The molecule has 2 atom stereocenters. The molecule has 2 rings (SSSR count). The van der Waals surface area contributed by atoms with Crippen molar-refractivity contribution in [2.45, 2.75) is 64.6 Å². The fourth-order valence-corrected chi connectivity index (χ4v) is 3.94. The Labute approximate surface area is 182 Å². The normalized spacial score (nSPS) is 22.0. The highest BCUT2D eigenvalue weighted by atomic mass is 35.5. The molecule has 0 spiro atoms. The highest BCUT2D eigenvalue weighted by molar-refractivity contribution is 7.80. The van der Waals surface area contributed by atoms with Crippen molar-refractivity contribution < 1.29 is 4.79 Å². The van der Waals surface area contributed by atoms with Crippen LogP contribution in [0.1, 0.15) is 60.5 Å². The average Bonchev–Trinajstić information content (AvgIpc) is 2.61. The van der Waals surface area contributed by atoms with E-state index in [9.17, 15) is 4.79 Å². The number of unbranched alkanes of at least 4 members (excludes halogenated alkanes) is 1. The number of rotatable bonds is 7. The van der Waals surface area contributed by atoms with Gasteiger partial charge in [0.15, 0.2) is 0 Å². The molecule has 0 bridgehead atoms. The Morgan fingerprint density at radius 1 is 1.33 bits per heavy atom. The Bertz CT molecular complexity index is 603. The number of thiol groups is 1. The van der Waals surface area contributed by atoms with Crippen molar-refractivity contribution in [3.63, 3.8) is 0 Å². The van der Waals surface area contributed by atoms with Gasteiger partial charge in [-0.05, 0) is 62.5 Å². The Morgan fingerprint density at radius 3 is 2.67 bits per heavy atom. The maximum atomic E-state index is 13.4. The van der Waals surface area contributed by atoms with Crippen molar-refractivity contribution in [2.24, 2.45) is 5.73 Å². The lowest BCUT2D eigenvalue weighted by atomic mass is 9.86. The van der Waals surface area contributed by atoms with E-state index in [2.05, 4.69) is 24.9 Å². The van der Waals surface area contributed by atoms with E-state index in [4.69, 9.17) is 5.73 Å². The molecule has 7 heteroatoms. The topological polar surface area (TPSA) is 58.4 Å². The van der Waals surface area contributed by atoms with E-state index in [-0.39, 0.29) is 36.8 Å². The molecule has 0 radical (unpaired) electrons. The zero-order valence-corrected chi connectivity index (χ0v) is 19.2. The van der Waals surface area contributed by atoms with Crippen molar-refractivity contribution >= 4 is 43.4 Å². The number of carbonyl (C=O) groups is 1. The Kier molecular flexibility index (Phi) is 12.0. The fourth-order valence-electron chi connectivity index (χ4n) is 3.76. The first-order valence-electron chi connectivity index (χ1n) is 9.47. The first-order chi connectivity index (χ1) is 12.0. The Balaban J connectivity index is 0.00000338. The molecule has 1 unspecified atom stereocenters. The molecule has 156 valence electrons.